The molecule has 7 heteroatoms. The van der Waals surface area contributed by atoms with Crippen LogP contribution in [0, 0.1) is 10.1 Å². The molecule has 0 aliphatic carbocycles. The average molecular weight is 255 g/mol. The van der Waals surface area contributed by atoms with E-state index >= 15 is 0 Å². The minimum Gasteiger partial charge on any atom is -0.497 e. The van der Waals surface area contributed by atoms with Gasteiger partial charge in [-0.2, -0.15) is 0 Å². The molecule has 0 unspecified atom stereocenters. The number of methoxy groups -OCH3 is 1. The summed E-state index contributed by atoms with van der Waals surface area (Å²) in [6.45, 7) is 0.0975. The second-order valence-electron chi connectivity index (χ2n) is 3.44. The molecule has 7 nitrogen and oxygen atoms in total. The highest BCUT2D eigenvalue weighted by Gasteiger charge is 2.16. The van der Waals surface area contributed by atoms with Gasteiger partial charge in [0.1, 0.15) is 5.75 Å². The van der Waals surface area contributed by atoms with Crippen LogP contribution in [0.2, 0.25) is 0 Å². The van der Waals surface area contributed by atoms with Crippen LogP contribution in [0.5, 0.6) is 11.5 Å². The zero-order valence-electron chi connectivity index (χ0n) is 9.79. The van der Waals surface area contributed by atoms with Gasteiger partial charge in [0, 0.05) is 18.6 Å². The third-order valence-corrected chi connectivity index (χ3v) is 2.16. The summed E-state index contributed by atoms with van der Waals surface area (Å²) < 4.78 is 10.1. The van der Waals surface area contributed by atoms with Crippen LogP contribution in [0.1, 0.15) is 12.8 Å². The first-order chi connectivity index (χ1) is 8.54. The summed E-state index contributed by atoms with van der Waals surface area (Å²) in [5, 5.41) is 19.2. The van der Waals surface area contributed by atoms with Gasteiger partial charge >= 0.3 is 11.7 Å². The molecule has 0 spiro atoms. The molecule has 0 aromatic heterocycles. The molecule has 1 aromatic rings. The van der Waals surface area contributed by atoms with Gasteiger partial charge in [0.2, 0.25) is 5.75 Å². The van der Waals surface area contributed by atoms with Crippen molar-refractivity contribution in [3.8, 4) is 11.5 Å². The van der Waals surface area contributed by atoms with Crippen LogP contribution in [0.25, 0.3) is 0 Å². The van der Waals surface area contributed by atoms with E-state index in [1.54, 1.807) is 0 Å². The second kappa shape index (κ2) is 6.43. The monoisotopic (exact) mass is 255 g/mol. The van der Waals surface area contributed by atoms with Crippen LogP contribution < -0.4 is 9.47 Å². The Morgan fingerprint density at radius 1 is 1.50 bits per heavy atom. The van der Waals surface area contributed by atoms with E-state index in [2.05, 4.69) is 0 Å². The van der Waals surface area contributed by atoms with Crippen molar-refractivity contribution < 1.29 is 24.3 Å². The van der Waals surface area contributed by atoms with Crippen LogP contribution in [0.4, 0.5) is 5.69 Å². The highest BCUT2D eigenvalue weighted by molar-refractivity contribution is 5.66. The average Bonchev–Trinajstić information content (AvgIpc) is 2.33. The lowest BCUT2D eigenvalue weighted by molar-refractivity contribution is -0.385. The number of nitro groups is 1. The van der Waals surface area contributed by atoms with Crippen molar-refractivity contribution in [1.29, 1.82) is 0 Å². The lowest BCUT2D eigenvalue weighted by Gasteiger charge is -2.07. The maximum atomic E-state index is 10.8. The largest absolute Gasteiger partial charge is 0.497 e. The summed E-state index contributed by atoms with van der Waals surface area (Å²) in [6, 6.07) is 4.15. The molecular formula is C11H13NO6. The normalized spacial score (nSPS) is 9.83. The molecule has 0 aliphatic heterocycles. The molecule has 18 heavy (non-hydrogen) atoms. The van der Waals surface area contributed by atoms with Gasteiger partial charge in [0.15, 0.2) is 0 Å². The maximum Gasteiger partial charge on any atom is 0.311 e. The molecule has 0 aliphatic rings. The second-order valence-corrected chi connectivity index (χ2v) is 3.44. The molecule has 0 radical (unpaired) electrons. The molecule has 98 valence electrons. The van der Waals surface area contributed by atoms with E-state index in [0.717, 1.165) is 0 Å². The summed E-state index contributed by atoms with van der Waals surface area (Å²) in [4.78, 5) is 20.5. The number of carboxylic acids is 1. The van der Waals surface area contributed by atoms with Crippen molar-refractivity contribution >= 4 is 11.7 Å². The van der Waals surface area contributed by atoms with E-state index in [-0.39, 0.29) is 30.9 Å². The fourth-order valence-corrected chi connectivity index (χ4v) is 1.29. The Balaban J connectivity index is 2.71. The van der Waals surface area contributed by atoms with Gasteiger partial charge in [-0.3, -0.25) is 14.9 Å². The highest BCUT2D eigenvalue weighted by atomic mass is 16.6. The number of carbonyl (C=O) groups is 1. The van der Waals surface area contributed by atoms with Gasteiger partial charge in [0.05, 0.1) is 18.6 Å². The van der Waals surface area contributed by atoms with Crippen LogP contribution in [0.3, 0.4) is 0 Å². The lowest BCUT2D eigenvalue weighted by Crippen LogP contribution is -2.04. The minimum absolute atomic E-state index is 0.0439. The lowest BCUT2D eigenvalue weighted by atomic mass is 10.2. The fourth-order valence-electron chi connectivity index (χ4n) is 1.29. The van der Waals surface area contributed by atoms with Crippen molar-refractivity contribution in [2.75, 3.05) is 13.7 Å². The zero-order valence-corrected chi connectivity index (χ0v) is 9.79. The first kappa shape index (κ1) is 13.8. The topological polar surface area (TPSA) is 98.9 Å². The zero-order chi connectivity index (χ0) is 13.5. The first-order valence-corrected chi connectivity index (χ1v) is 5.21. The van der Waals surface area contributed by atoms with E-state index in [4.69, 9.17) is 14.6 Å². The Kier molecular flexibility index (Phi) is 4.91. The van der Waals surface area contributed by atoms with Crippen molar-refractivity contribution in [1.82, 2.24) is 0 Å². The molecule has 0 fully saturated rings. The van der Waals surface area contributed by atoms with Gasteiger partial charge in [-0.25, -0.2) is 0 Å². The van der Waals surface area contributed by atoms with Crippen LogP contribution in [-0.2, 0) is 4.79 Å². The Labute approximate surface area is 103 Å². The minimum atomic E-state index is -0.932. The van der Waals surface area contributed by atoms with Crippen LogP contribution in [0.15, 0.2) is 18.2 Å². The molecule has 0 saturated carbocycles. The fraction of sp³-hybridized carbons (Fsp3) is 0.364. The van der Waals surface area contributed by atoms with E-state index in [0.29, 0.717) is 5.75 Å². The number of rotatable bonds is 7. The standard InChI is InChI=1S/C11H13NO6/c1-17-8-4-5-9(12(15)16)10(7-8)18-6-2-3-11(13)14/h4-5,7H,2-3,6H2,1H3,(H,13,14). The Bertz CT molecular complexity index is 445. The molecule has 0 heterocycles. The van der Waals surface area contributed by atoms with Gasteiger partial charge in [-0.05, 0) is 12.5 Å². The summed E-state index contributed by atoms with van der Waals surface area (Å²) >= 11 is 0. The van der Waals surface area contributed by atoms with Gasteiger partial charge in [0.25, 0.3) is 0 Å². The third-order valence-electron chi connectivity index (χ3n) is 2.16. The SMILES string of the molecule is COc1ccc([N+](=O)[O-])c(OCCCC(=O)O)c1. The maximum absolute atomic E-state index is 10.8. The number of aliphatic carboxylic acids is 1. The molecule has 0 atom stereocenters. The molecule has 1 aromatic carbocycles. The molecule has 0 saturated heterocycles. The molecule has 1 rings (SSSR count). The summed E-state index contributed by atoms with van der Waals surface area (Å²) in [5.74, 6) is -0.419. The van der Waals surface area contributed by atoms with Crippen molar-refractivity contribution in [3.05, 3.63) is 28.3 Å². The summed E-state index contributed by atoms with van der Waals surface area (Å²) in [6.07, 6.45) is 0.238. The Morgan fingerprint density at radius 2 is 2.22 bits per heavy atom. The number of nitrogens with zero attached hydrogens (tertiary/aromatic N) is 1. The number of hydrogen-bond donors (Lipinski definition) is 1. The number of benzene rings is 1. The Hall–Kier alpha value is -2.31. The van der Waals surface area contributed by atoms with E-state index in [1.807, 2.05) is 0 Å². The van der Waals surface area contributed by atoms with Gasteiger partial charge in [-0.15, -0.1) is 0 Å². The van der Waals surface area contributed by atoms with Crippen molar-refractivity contribution in [3.63, 3.8) is 0 Å². The predicted molar refractivity (Wildman–Crippen MR) is 62.0 cm³/mol. The van der Waals surface area contributed by atoms with Gasteiger partial charge in [-0.1, -0.05) is 0 Å². The molecule has 0 bridgehead atoms. The smallest absolute Gasteiger partial charge is 0.311 e. The highest BCUT2D eigenvalue weighted by Crippen LogP contribution is 2.31. The predicted octanol–water partition coefficient (Wildman–Crippen LogP) is 1.85. The Morgan fingerprint density at radius 3 is 2.78 bits per heavy atom. The summed E-state index contributed by atoms with van der Waals surface area (Å²) in [7, 11) is 1.44. The third kappa shape index (κ3) is 3.93. The quantitative estimate of drug-likeness (QED) is 0.453. The van der Waals surface area contributed by atoms with E-state index < -0.39 is 10.9 Å². The first-order valence-electron chi connectivity index (χ1n) is 5.21. The van der Waals surface area contributed by atoms with E-state index in [1.165, 1.54) is 25.3 Å². The van der Waals surface area contributed by atoms with Crippen LogP contribution >= 0.6 is 0 Å². The molecule has 0 amide bonds. The number of hydrogen-bond acceptors (Lipinski definition) is 5. The summed E-state index contributed by atoms with van der Waals surface area (Å²) in [5.41, 5.74) is -0.175. The molecular weight excluding hydrogens is 242 g/mol. The number of carboxylic acid groups (broad SMARTS) is 1. The van der Waals surface area contributed by atoms with Crippen LogP contribution in [-0.4, -0.2) is 29.7 Å². The number of nitro benzene ring substituents is 1. The van der Waals surface area contributed by atoms with Crippen molar-refractivity contribution in [2.24, 2.45) is 0 Å². The van der Waals surface area contributed by atoms with Gasteiger partial charge < -0.3 is 14.6 Å². The van der Waals surface area contributed by atoms with Crippen molar-refractivity contribution in [2.45, 2.75) is 12.8 Å². The molecule has 1 N–H and O–H groups in total. The van der Waals surface area contributed by atoms with E-state index in [9.17, 15) is 14.9 Å². The number of ether oxygens (including phenoxy) is 2.